The van der Waals surface area contributed by atoms with Crippen LogP contribution >= 0.6 is 0 Å². The predicted molar refractivity (Wildman–Crippen MR) is 61.9 cm³/mol. The SMILES string of the molecule is Cn1nnc(CC(O)(CN)c2ccccc2)n1. The molecular weight excluding hydrogens is 218 g/mol. The molecule has 1 unspecified atom stereocenters. The van der Waals surface area contributed by atoms with E-state index < -0.39 is 5.60 Å². The van der Waals surface area contributed by atoms with Gasteiger partial charge in [-0.3, -0.25) is 0 Å². The second kappa shape index (κ2) is 4.60. The lowest BCUT2D eigenvalue weighted by Gasteiger charge is -2.25. The Morgan fingerprint density at radius 2 is 2.06 bits per heavy atom. The third-order valence-corrected chi connectivity index (χ3v) is 2.65. The molecule has 0 radical (unpaired) electrons. The average Bonchev–Trinajstić information content (AvgIpc) is 2.75. The number of aryl methyl sites for hydroxylation is 1. The average molecular weight is 233 g/mol. The van der Waals surface area contributed by atoms with Crippen molar-refractivity contribution in [3.8, 4) is 0 Å². The van der Waals surface area contributed by atoms with Crippen LogP contribution in [-0.4, -0.2) is 31.9 Å². The second-order valence-electron chi connectivity index (χ2n) is 3.97. The number of hydrogen-bond donors (Lipinski definition) is 2. The van der Waals surface area contributed by atoms with Crippen molar-refractivity contribution in [2.45, 2.75) is 12.0 Å². The Morgan fingerprint density at radius 1 is 1.35 bits per heavy atom. The minimum Gasteiger partial charge on any atom is -0.383 e. The molecule has 3 N–H and O–H groups in total. The molecule has 0 aliphatic carbocycles. The van der Waals surface area contributed by atoms with Crippen LogP contribution in [0.15, 0.2) is 30.3 Å². The van der Waals surface area contributed by atoms with Gasteiger partial charge in [-0.1, -0.05) is 30.3 Å². The van der Waals surface area contributed by atoms with Gasteiger partial charge in [0.2, 0.25) is 0 Å². The van der Waals surface area contributed by atoms with Gasteiger partial charge in [-0.25, -0.2) is 0 Å². The fraction of sp³-hybridized carbons (Fsp3) is 0.364. The van der Waals surface area contributed by atoms with Gasteiger partial charge in [-0.05, 0) is 10.8 Å². The van der Waals surface area contributed by atoms with Crippen LogP contribution in [0.4, 0.5) is 0 Å². The topological polar surface area (TPSA) is 89.8 Å². The van der Waals surface area contributed by atoms with E-state index in [0.29, 0.717) is 5.82 Å². The summed E-state index contributed by atoms with van der Waals surface area (Å²) in [6.45, 7) is 0.106. The van der Waals surface area contributed by atoms with Gasteiger partial charge in [0.25, 0.3) is 0 Å². The summed E-state index contributed by atoms with van der Waals surface area (Å²) in [6.07, 6.45) is 0.251. The lowest BCUT2D eigenvalue weighted by atomic mass is 9.90. The number of tetrazole rings is 1. The Hall–Kier alpha value is -1.79. The zero-order chi connectivity index (χ0) is 12.3. The highest BCUT2D eigenvalue weighted by atomic mass is 16.3. The van der Waals surface area contributed by atoms with E-state index in [2.05, 4.69) is 15.4 Å². The largest absolute Gasteiger partial charge is 0.383 e. The number of benzene rings is 1. The van der Waals surface area contributed by atoms with Crippen molar-refractivity contribution in [3.63, 3.8) is 0 Å². The Labute approximate surface area is 99.1 Å². The van der Waals surface area contributed by atoms with Crippen molar-refractivity contribution in [1.29, 1.82) is 0 Å². The third kappa shape index (κ3) is 2.48. The van der Waals surface area contributed by atoms with Crippen LogP contribution in [0, 0.1) is 0 Å². The van der Waals surface area contributed by atoms with Crippen molar-refractivity contribution in [1.82, 2.24) is 20.2 Å². The molecule has 0 aliphatic rings. The van der Waals surface area contributed by atoms with Gasteiger partial charge < -0.3 is 10.8 Å². The van der Waals surface area contributed by atoms with Crippen LogP contribution in [0.25, 0.3) is 0 Å². The van der Waals surface area contributed by atoms with Gasteiger partial charge in [0.1, 0.15) is 5.60 Å². The summed E-state index contributed by atoms with van der Waals surface area (Å²) in [6, 6.07) is 9.29. The maximum absolute atomic E-state index is 10.5. The lowest BCUT2D eigenvalue weighted by molar-refractivity contribution is 0.0441. The minimum atomic E-state index is -1.15. The highest BCUT2D eigenvalue weighted by Gasteiger charge is 2.29. The third-order valence-electron chi connectivity index (χ3n) is 2.65. The Kier molecular flexibility index (Phi) is 3.16. The monoisotopic (exact) mass is 233 g/mol. The second-order valence-corrected chi connectivity index (χ2v) is 3.97. The molecule has 1 atom stereocenters. The summed E-state index contributed by atoms with van der Waals surface area (Å²) in [5, 5.41) is 22.2. The van der Waals surface area contributed by atoms with Gasteiger partial charge in [0.05, 0.1) is 7.05 Å². The van der Waals surface area contributed by atoms with Gasteiger partial charge in [0, 0.05) is 13.0 Å². The first kappa shape index (κ1) is 11.7. The number of aliphatic hydroxyl groups is 1. The molecule has 0 saturated carbocycles. The zero-order valence-electron chi connectivity index (χ0n) is 9.61. The number of rotatable bonds is 4. The summed E-state index contributed by atoms with van der Waals surface area (Å²) >= 11 is 0. The van der Waals surface area contributed by atoms with E-state index in [9.17, 15) is 5.11 Å². The normalized spacial score (nSPS) is 14.5. The molecule has 1 aromatic carbocycles. The molecular formula is C11H15N5O. The smallest absolute Gasteiger partial charge is 0.178 e. The van der Waals surface area contributed by atoms with Crippen molar-refractivity contribution < 1.29 is 5.11 Å². The molecule has 90 valence electrons. The van der Waals surface area contributed by atoms with Gasteiger partial charge in [-0.2, -0.15) is 4.80 Å². The first-order valence-corrected chi connectivity index (χ1v) is 5.35. The van der Waals surface area contributed by atoms with Crippen molar-refractivity contribution in [3.05, 3.63) is 41.7 Å². The first-order chi connectivity index (χ1) is 8.14. The standard InChI is InChI=1S/C11H15N5O/c1-16-14-10(13-15-16)7-11(17,8-12)9-5-3-2-4-6-9/h2-6,17H,7-8,12H2,1H3. The van der Waals surface area contributed by atoms with E-state index >= 15 is 0 Å². The summed E-state index contributed by atoms with van der Waals surface area (Å²) in [7, 11) is 1.68. The van der Waals surface area contributed by atoms with Crippen molar-refractivity contribution in [2.75, 3.05) is 6.54 Å². The molecule has 6 heteroatoms. The quantitative estimate of drug-likeness (QED) is 0.750. The Morgan fingerprint density at radius 3 is 2.59 bits per heavy atom. The van der Waals surface area contributed by atoms with Crippen LogP contribution in [0.2, 0.25) is 0 Å². The molecule has 1 aromatic heterocycles. The molecule has 2 rings (SSSR count). The Balaban J connectivity index is 2.26. The van der Waals surface area contributed by atoms with E-state index in [1.54, 1.807) is 7.05 Å². The van der Waals surface area contributed by atoms with Crippen LogP contribution < -0.4 is 5.73 Å². The van der Waals surface area contributed by atoms with Gasteiger partial charge in [-0.15, -0.1) is 10.2 Å². The number of hydrogen-bond acceptors (Lipinski definition) is 5. The molecule has 0 saturated heterocycles. The molecule has 0 spiro atoms. The predicted octanol–water partition coefficient (Wildman–Crippen LogP) is -0.401. The highest BCUT2D eigenvalue weighted by molar-refractivity contribution is 5.23. The van der Waals surface area contributed by atoms with Crippen LogP contribution in [0.5, 0.6) is 0 Å². The number of aromatic nitrogens is 4. The lowest BCUT2D eigenvalue weighted by Crippen LogP contribution is -2.37. The fourth-order valence-corrected chi connectivity index (χ4v) is 1.70. The number of nitrogens with zero attached hydrogens (tertiary/aromatic N) is 4. The van der Waals surface area contributed by atoms with Crippen LogP contribution in [-0.2, 0) is 19.1 Å². The summed E-state index contributed by atoms with van der Waals surface area (Å²) < 4.78 is 0. The Bertz CT molecular complexity index is 484. The molecule has 0 fully saturated rings. The number of nitrogens with two attached hydrogens (primary N) is 1. The van der Waals surface area contributed by atoms with Crippen molar-refractivity contribution in [2.24, 2.45) is 12.8 Å². The minimum absolute atomic E-state index is 0.106. The summed E-state index contributed by atoms with van der Waals surface area (Å²) in [5.41, 5.74) is 5.27. The van der Waals surface area contributed by atoms with Crippen molar-refractivity contribution >= 4 is 0 Å². The highest BCUT2D eigenvalue weighted by Crippen LogP contribution is 2.22. The van der Waals surface area contributed by atoms with E-state index in [1.165, 1.54) is 4.80 Å². The van der Waals surface area contributed by atoms with Gasteiger partial charge in [0.15, 0.2) is 5.82 Å². The summed E-state index contributed by atoms with van der Waals surface area (Å²) in [4.78, 5) is 1.36. The van der Waals surface area contributed by atoms with E-state index in [4.69, 9.17) is 5.73 Å². The fourth-order valence-electron chi connectivity index (χ4n) is 1.70. The maximum atomic E-state index is 10.5. The van der Waals surface area contributed by atoms with Crippen LogP contribution in [0.3, 0.4) is 0 Å². The molecule has 0 aliphatic heterocycles. The zero-order valence-corrected chi connectivity index (χ0v) is 9.61. The maximum Gasteiger partial charge on any atom is 0.178 e. The first-order valence-electron chi connectivity index (χ1n) is 5.35. The molecule has 6 nitrogen and oxygen atoms in total. The van der Waals surface area contributed by atoms with Gasteiger partial charge >= 0.3 is 0 Å². The molecule has 2 aromatic rings. The molecule has 17 heavy (non-hydrogen) atoms. The molecule has 0 amide bonds. The molecule has 0 bridgehead atoms. The van der Waals surface area contributed by atoms with E-state index in [0.717, 1.165) is 5.56 Å². The van der Waals surface area contributed by atoms with Crippen LogP contribution in [0.1, 0.15) is 11.4 Å². The molecule has 1 heterocycles. The van der Waals surface area contributed by atoms with E-state index in [-0.39, 0.29) is 13.0 Å². The van der Waals surface area contributed by atoms with E-state index in [1.807, 2.05) is 30.3 Å². The summed E-state index contributed by atoms with van der Waals surface area (Å²) in [5.74, 6) is 0.476.